The molecule has 2 amide bonds. The number of hydrogen-bond acceptors (Lipinski definition) is 6. The van der Waals surface area contributed by atoms with Crippen molar-refractivity contribution in [3.8, 4) is 72.4 Å². The summed E-state index contributed by atoms with van der Waals surface area (Å²) in [7, 11) is 0. The summed E-state index contributed by atoms with van der Waals surface area (Å²) in [4.78, 5) is 26.8. The van der Waals surface area contributed by atoms with Crippen molar-refractivity contribution in [1.29, 1.82) is 0 Å². The van der Waals surface area contributed by atoms with Crippen molar-refractivity contribution in [3.05, 3.63) is 190 Å². The van der Waals surface area contributed by atoms with E-state index in [9.17, 15) is 9.59 Å². The van der Waals surface area contributed by atoms with Gasteiger partial charge in [-0.2, -0.15) is 0 Å². The van der Waals surface area contributed by atoms with Gasteiger partial charge in [0.2, 0.25) is 0 Å². The standard InChI is InChI=1S/2C26H19NO3.W/c2*1-3-17-29-21-13-9-19(10-14-21)26(20-11-15-22(16-12-20)30-18-4-2)23-7-5-6-8-24(23)27-25(26)28;/h2*1-2,5-16H,17-18H2,(H,27,28);/q;;+2/p-2. The van der Waals surface area contributed by atoms with E-state index in [1.165, 1.54) is 0 Å². The Morgan fingerprint density at radius 1 is 0.393 bits per heavy atom. The fourth-order valence-electron chi connectivity index (χ4n) is 7.55. The van der Waals surface area contributed by atoms with Crippen LogP contribution in [-0.2, 0) is 41.5 Å². The first-order valence-corrected chi connectivity index (χ1v) is 18.8. The Balaban J connectivity index is 0.000000201. The third kappa shape index (κ3) is 8.33. The van der Waals surface area contributed by atoms with Crippen molar-refractivity contribution >= 4 is 23.2 Å². The van der Waals surface area contributed by atoms with E-state index in [4.69, 9.17) is 44.6 Å². The minimum Gasteiger partial charge on any atom is -0.625 e. The Labute approximate surface area is 370 Å². The number of nitrogens with zero attached hydrogens (tertiary/aromatic N) is 2. The molecule has 8 nitrogen and oxygen atoms in total. The molecule has 61 heavy (non-hydrogen) atoms. The van der Waals surface area contributed by atoms with Gasteiger partial charge in [0.15, 0.2) is 0 Å². The van der Waals surface area contributed by atoms with Crippen LogP contribution in [0.3, 0.4) is 0 Å². The molecule has 9 heteroatoms. The van der Waals surface area contributed by atoms with Gasteiger partial charge in [-0.3, -0.25) is 0 Å². The van der Waals surface area contributed by atoms with Gasteiger partial charge in [0.25, 0.3) is 0 Å². The number of carbonyl (C=O) groups excluding carboxylic acids is 2. The molecule has 0 spiro atoms. The Morgan fingerprint density at radius 2 is 0.639 bits per heavy atom. The van der Waals surface area contributed by atoms with Gasteiger partial charge in [-0.25, -0.2) is 0 Å². The maximum absolute atomic E-state index is 13.4. The van der Waals surface area contributed by atoms with Crippen LogP contribution in [0.2, 0.25) is 0 Å². The van der Waals surface area contributed by atoms with Crippen LogP contribution in [-0.4, -0.2) is 38.2 Å². The van der Waals surface area contributed by atoms with Gasteiger partial charge in [-0.1, -0.05) is 121 Å². The molecule has 2 aliphatic heterocycles. The number of amides is 2. The first-order chi connectivity index (χ1) is 29.4. The van der Waals surface area contributed by atoms with E-state index in [2.05, 4.69) is 34.3 Å². The Kier molecular flexibility index (Phi) is 13.7. The summed E-state index contributed by atoms with van der Waals surface area (Å²) in [6.45, 7) is 0.725. The quantitative estimate of drug-likeness (QED) is 0.114. The third-order valence-corrected chi connectivity index (χ3v) is 10.1. The van der Waals surface area contributed by atoms with E-state index in [1.54, 1.807) is 0 Å². The molecule has 0 bridgehead atoms. The zero-order valence-electron chi connectivity index (χ0n) is 32.7. The molecule has 2 heterocycles. The topological polar surface area (TPSA) is 99.3 Å². The van der Waals surface area contributed by atoms with Gasteiger partial charge in [0.1, 0.15) is 49.4 Å². The Morgan fingerprint density at radius 3 is 0.885 bits per heavy atom. The summed E-state index contributed by atoms with van der Waals surface area (Å²) in [6.07, 6.45) is 21.1. The third-order valence-electron chi connectivity index (χ3n) is 10.1. The number of fused-ring (bicyclic) bond motifs is 2. The Bertz CT molecular complexity index is 2370. The van der Waals surface area contributed by atoms with E-state index in [-0.39, 0.29) is 59.3 Å². The molecule has 6 aromatic carbocycles. The fraction of sp³-hybridized carbons (Fsp3) is 0.115. The predicted octanol–water partition coefficient (Wildman–Crippen LogP) is 9.18. The van der Waals surface area contributed by atoms with Crippen LogP contribution < -0.4 is 18.9 Å². The summed E-state index contributed by atoms with van der Waals surface area (Å²) >= 11 is 0. The molecule has 0 saturated heterocycles. The predicted molar refractivity (Wildman–Crippen MR) is 232 cm³/mol. The van der Waals surface area contributed by atoms with Crippen LogP contribution in [0.25, 0.3) is 10.6 Å². The zero-order chi connectivity index (χ0) is 42.0. The Hall–Kier alpha value is -7.61. The van der Waals surface area contributed by atoms with E-state index in [1.807, 2.05) is 146 Å². The van der Waals surface area contributed by atoms with Gasteiger partial charge < -0.3 is 39.2 Å². The van der Waals surface area contributed by atoms with E-state index < -0.39 is 10.8 Å². The number of para-hydroxylation sites is 2. The van der Waals surface area contributed by atoms with Gasteiger partial charge in [0, 0.05) is 0 Å². The molecule has 8 rings (SSSR count). The first kappa shape index (κ1) is 43.0. The minimum atomic E-state index is -1.05. The molecular weight excluding hydrogens is 932 g/mol. The van der Waals surface area contributed by atoms with Crippen molar-refractivity contribution in [3.63, 3.8) is 0 Å². The molecule has 0 atom stereocenters. The second-order valence-electron chi connectivity index (χ2n) is 13.4. The van der Waals surface area contributed by atoms with Crippen LogP contribution in [0.5, 0.6) is 23.0 Å². The molecular formula is C52H36N2O6W. The van der Waals surface area contributed by atoms with Gasteiger partial charge in [-0.05, 0) is 81.9 Å². The molecule has 0 fully saturated rings. The van der Waals surface area contributed by atoms with Gasteiger partial charge in [-0.15, -0.1) is 37.1 Å². The first-order valence-electron chi connectivity index (χ1n) is 18.8. The van der Waals surface area contributed by atoms with Crippen molar-refractivity contribution < 1.29 is 49.6 Å². The summed E-state index contributed by atoms with van der Waals surface area (Å²) in [5.74, 6) is 11.9. The maximum atomic E-state index is 13.4. The molecule has 0 saturated carbocycles. The van der Waals surface area contributed by atoms with Crippen LogP contribution in [0, 0.1) is 49.4 Å². The second kappa shape index (κ2) is 19.4. The van der Waals surface area contributed by atoms with Crippen molar-refractivity contribution in [2.75, 3.05) is 26.4 Å². The van der Waals surface area contributed by atoms with Crippen LogP contribution in [0.4, 0.5) is 11.4 Å². The maximum Gasteiger partial charge on any atom is 2.00 e. The minimum absolute atomic E-state index is 0. The summed E-state index contributed by atoms with van der Waals surface area (Å²) in [6, 6.07) is 44.7. The number of terminal acetylenes is 4. The van der Waals surface area contributed by atoms with Crippen LogP contribution >= 0.6 is 0 Å². The molecule has 0 N–H and O–H groups in total. The molecule has 6 aromatic rings. The second-order valence-corrected chi connectivity index (χ2v) is 13.4. The summed E-state index contributed by atoms with van der Waals surface area (Å²) in [5.41, 5.74) is 4.11. The van der Waals surface area contributed by atoms with E-state index in [0.29, 0.717) is 34.4 Å². The average molecular weight is 969 g/mol. The molecule has 0 radical (unpaired) electrons. The molecule has 0 aromatic heterocycles. The number of benzene rings is 6. The molecule has 0 unspecified atom stereocenters. The number of hydrogen-bond donors (Lipinski definition) is 0. The fourth-order valence-corrected chi connectivity index (χ4v) is 7.55. The summed E-state index contributed by atoms with van der Waals surface area (Å²) in [5, 5.41) is 8.70. The summed E-state index contributed by atoms with van der Waals surface area (Å²) < 4.78 is 21.9. The number of ether oxygens (including phenoxy) is 4. The number of rotatable bonds is 12. The molecule has 0 aliphatic carbocycles. The van der Waals surface area contributed by atoms with Gasteiger partial charge >= 0.3 is 21.1 Å². The zero-order valence-corrected chi connectivity index (χ0v) is 35.7. The molecule has 296 valence electrons. The van der Waals surface area contributed by atoms with Crippen LogP contribution in [0.15, 0.2) is 146 Å². The SMILES string of the molecule is C#CCOc1ccc(C2(c3ccc(OCC#C)cc3)C(=O)[N-]c3ccccc32)cc1.C#CCOc1ccc(C2(c3ccc(OCC#C)cc3)C(=O)[N-]c3ccccc32)cc1.[W+2]. The number of carbonyl (C=O) groups is 2. The molecule has 2 aliphatic rings. The van der Waals surface area contributed by atoms with Crippen molar-refractivity contribution in [2.45, 2.75) is 10.8 Å². The smallest absolute Gasteiger partial charge is 0.625 e. The van der Waals surface area contributed by atoms with Crippen LogP contribution in [0.1, 0.15) is 33.4 Å². The normalized spacial score (nSPS) is 13.2. The van der Waals surface area contributed by atoms with Crippen molar-refractivity contribution in [1.82, 2.24) is 0 Å². The van der Waals surface area contributed by atoms with E-state index in [0.717, 1.165) is 33.4 Å². The largest absolute Gasteiger partial charge is 2.00 e. The van der Waals surface area contributed by atoms with Gasteiger partial charge in [0.05, 0.1) is 22.6 Å². The monoisotopic (exact) mass is 968 g/mol. The average Bonchev–Trinajstić information content (AvgIpc) is 3.77. The van der Waals surface area contributed by atoms with Crippen molar-refractivity contribution in [2.24, 2.45) is 0 Å². The van der Waals surface area contributed by atoms with E-state index >= 15 is 0 Å².